The molecule has 0 N–H and O–H groups in total. The third-order valence-electron chi connectivity index (χ3n) is 3.29. The average Bonchev–Trinajstić information content (AvgIpc) is 2.72. The number of rotatable bonds is 6. The Balaban J connectivity index is 2.69. The molecule has 130 valence electrons. The molecule has 1 unspecified atom stereocenters. The summed E-state index contributed by atoms with van der Waals surface area (Å²) in [7, 11) is 0. The van der Waals surface area contributed by atoms with E-state index in [0.717, 1.165) is 0 Å². The summed E-state index contributed by atoms with van der Waals surface area (Å²) in [5.74, 6) is -10.1. The van der Waals surface area contributed by atoms with Crippen LogP contribution in [-0.2, 0) is 14.2 Å². The normalized spacial score (nSPS) is 20.8. The van der Waals surface area contributed by atoms with E-state index in [1.807, 2.05) is 0 Å². The highest BCUT2D eigenvalue weighted by Crippen LogP contribution is 2.55. The molecular weight excluding hydrogens is 329 g/mol. The number of cyclic esters (lactones) is 2. The zero-order valence-corrected chi connectivity index (χ0v) is 11.5. The largest absolute Gasteiger partial charge is 0.508 e. The van der Waals surface area contributed by atoms with Crippen LogP contribution >= 0.6 is 0 Å². The number of ether oxygens (including phenoxy) is 3. The quantitative estimate of drug-likeness (QED) is 0.548. The molecule has 11 heteroatoms. The highest BCUT2D eigenvalue weighted by molar-refractivity contribution is 5.61. The van der Waals surface area contributed by atoms with Crippen molar-refractivity contribution in [1.82, 2.24) is 0 Å². The Morgan fingerprint density at radius 3 is 2.09 bits per heavy atom. The van der Waals surface area contributed by atoms with Crippen molar-refractivity contribution < 1.29 is 49.7 Å². The van der Waals surface area contributed by atoms with Crippen LogP contribution in [0, 0.1) is 5.41 Å². The minimum Gasteiger partial charge on any atom is -0.430 e. The number of carbonyl (C=O) groups is 1. The van der Waals surface area contributed by atoms with Crippen LogP contribution in [0.5, 0.6) is 0 Å². The first-order chi connectivity index (χ1) is 9.72. The Morgan fingerprint density at radius 1 is 1.14 bits per heavy atom. The second-order valence-corrected chi connectivity index (χ2v) is 5.22. The number of alkyl halides is 7. The second-order valence-electron chi connectivity index (χ2n) is 5.22. The first-order valence-corrected chi connectivity index (χ1v) is 5.96. The fraction of sp³-hybridized carbons (Fsp3) is 0.909. The van der Waals surface area contributed by atoms with Crippen LogP contribution in [0.3, 0.4) is 0 Å². The van der Waals surface area contributed by atoms with Gasteiger partial charge in [-0.2, -0.15) is 22.0 Å². The van der Waals surface area contributed by atoms with Crippen LogP contribution in [0.15, 0.2) is 0 Å². The molecular formula is C11H13F7O4. The van der Waals surface area contributed by atoms with Crippen molar-refractivity contribution in [3.63, 3.8) is 0 Å². The number of hydrogen-bond acceptors (Lipinski definition) is 4. The van der Waals surface area contributed by atoms with Crippen molar-refractivity contribution in [2.24, 2.45) is 5.41 Å². The van der Waals surface area contributed by atoms with Crippen LogP contribution in [0.2, 0.25) is 0 Å². The summed E-state index contributed by atoms with van der Waals surface area (Å²) in [6, 6.07) is 0. The van der Waals surface area contributed by atoms with Crippen molar-refractivity contribution in [2.75, 3.05) is 19.8 Å². The Kier molecular flexibility index (Phi) is 4.91. The van der Waals surface area contributed by atoms with E-state index in [-0.39, 0.29) is 20.5 Å². The molecule has 22 heavy (non-hydrogen) atoms. The van der Waals surface area contributed by atoms with Crippen molar-refractivity contribution in [3.05, 3.63) is 0 Å². The van der Waals surface area contributed by atoms with Gasteiger partial charge in [0.05, 0.1) is 6.61 Å². The van der Waals surface area contributed by atoms with E-state index in [0.29, 0.717) is 0 Å². The fourth-order valence-corrected chi connectivity index (χ4v) is 1.53. The second kappa shape index (κ2) is 5.74. The van der Waals surface area contributed by atoms with Crippen molar-refractivity contribution >= 4 is 6.16 Å². The summed E-state index contributed by atoms with van der Waals surface area (Å²) in [6.45, 7) is -2.40. The van der Waals surface area contributed by atoms with Gasteiger partial charge in [-0.05, 0) is 13.8 Å². The van der Waals surface area contributed by atoms with Gasteiger partial charge in [0.1, 0.15) is 18.6 Å². The Bertz CT molecular complexity index is 419. The van der Waals surface area contributed by atoms with E-state index in [4.69, 9.17) is 0 Å². The van der Waals surface area contributed by atoms with Crippen LogP contribution in [-0.4, -0.2) is 50.1 Å². The maximum Gasteiger partial charge on any atom is 0.508 e. The molecule has 0 bridgehead atoms. The number of carbonyl (C=O) groups excluding carboxylic acids is 1. The van der Waals surface area contributed by atoms with Gasteiger partial charge in [-0.3, -0.25) is 0 Å². The van der Waals surface area contributed by atoms with Gasteiger partial charge >= 0.3 is 18.3 Å². The summed E-state index contributed by atoms with van der Waals surface area (Å²) >= 11 is 0. The number of hydrogen-bond donors (Lipinski definition) is 0. The standard InChI is InChI=1S/C11H13F7O4/c1-8(2,10(14,15)11(16,17)18)9(12,13)5-20-3-6-4-21-7(19)22-6/h6H,3-5H2,1-2H3. The lowest BCUT2D eigenvalue weighted by atomic mass is 9.78. The molecule has 1 saturated heterocycles. The SMILES string of the molecule is CC(C)(C(F)(F)COCC1COC(=O)O1)C(F)(F)C(F)(F)F. The van der Waals surface area contributed by atoms with Crippen LogP contribution in [0.1, 0.15) is 13.8 Å². The molecule has 0 spiro atoms. The van der Waals surface area contributed by atoms with E-state index in [2.05, 4.69) is 14.2 Å². The first kappa shape index (κ1) is 18.8. The lowest BCUT2D eigenvalue weighted by Gasteiger charge is -2.40. The minimum absolute atomic E-state index is 0.0998. The molecule has 0 amide bonds. The van der Waals surface area contributed by atoms with Gasteiger partial charge in [0.25, 0.3) is 5.92 Å². The highest BCUT2D eigenvalue weighted by Gasteiger charge is 2.73. The molecule has 1 heterocycles. The maximum atomic E-state index is 13.7. The summed E-state index contributed by atoms with van der Waals surface area (Å²) in [5.41, 5.74) is -3.74. The summed E-state index contributed by atoms with van der Waals surface area (Å²) in [6.07, 6.45) is -8.20. The number of halogens is 7. The lowest BCUT2D eigenvalue weighted by Crippen LogP contribution is -2.58. The van der Waals surface area contributed by atoms with Gasteiger partial charge in [-0.25, -0.2) is 13.6 Å². The average molecular weight is 342 g/mol. The van der Waals surface area contributed by atoms with Gasteiger partial charge in [0.15, 0.2) is 6.10 Å². The summed E-state index contributed by atoms with van der Waals surface area (Å²) in [4.78, 5) is 10.5. The van der Waals surface area contributed by atoms with Crippen LogP contribution < -0.4 is 0 Å². The molecule has 1 atom stereocenters. The Labute approximate surface area is 120 Å². The minimum atomic E-state index is -6.13. The fourth-order valence-electron chi connectivity index (χ4n) is 1.53. The van der Waals surface area contributed by atoms with Crippen molar-refractivity contribution in [2.45, 2.75) is 38.0 Å². The highest BCUT2D eigenvalue weighted by atomic mass is 19.4. The first-order valence-electron chi connectivity index (χ1n) is 5.96. The van der Waals surface area contributed by atoms with Gasteiger partial charge in [-0.15, -0.1) is 0 Å². The van der Waals surface area contributed by atoms with E-state index < -0.39 is 48.9 Å². The molecule has 0 aromatic rings. The zero-order valence-electron chi connectivity index (χ0n) is 11.5. The van der Waals surface area contributed by atoms with Crippen LogP contribution in [0.25, 0.3) is 0 Å². The van der Waals surface area contributed by atoms with Crippen LogP contribution in [0.4, 0.5) is 35.5 Å². The molecule has 0 aliphatic carbocycles. The van der Waals surface area contributed by atoms with E-state index in [1.54, 1.807) is 0 Å². The summed E-state index contributed by atoms with van der Waals surface area (Å²) in [5, 5.41) is 0. The van der Waals surface area contributed by atoms with E-state index >= 15 is 0 Å². The van der Waals surface area contributed by atoms with Crippen molar-refractivity contribution in [1.29, 1.82) is 0 Å². The Morgan fingerprint density at radius 2 is 1.68 bits per heavy atom. The van der Waals surface area contributed by atoms with Gasteiger partial charge < -0.3 is 14.2 Å². The molecule has 4 nitrogen and oxygen atoms in total. The van der Waals surface area contributed by atoms with Gasteiger partial charge in [0, 0.05) is 0 Å². The third kappa shape index (κ3) is 3.39. The summed E-state index contributed by atoms with van der Waals surface area (Å²) < 4.78 is 104. The molecule has 1 rings (SSSR count). The molecule has 1 aliphatic rings. The van der Waals surface area contributed by atoms with Gasteiger partial charge in [0.2, 0.25) is 0 Å². The van der Waals surface area contributed by atoms with E-state index in [9.17, 15) is 35.5 Å². The zero-order chi connectivity index (χ0) is 17.4. The maximum absolute atomic E-state index is 13.7. The smallest absolute Gasteiger partial charge is 0.430 e. The molecule has 1 aliphatic heterocycles. The molecule has 0 aromatic heterocycles. The molecule has 0 aromatic carbocycles. The molecule has 0 radical (unpaired) electrons. The van der Waals surface area contributed by atoms with Gasteiger partial charge in [-0.1, -0.05) is 0 Å². The van der Waals surface area contributed by atoms with Crippen molar-refractivity contribution in [3.8, 4) is 0 Å². The third-order valence-corrected chi connectivity index (χ3v) is 3.29. The predicted octanol–water partition coefficient (Wildman–Crippen LogP) is 3.40. The molecule has 1 fully saturated rings. The Hall–Kier alpha value is -1.26. The monoisotopic (exact) mass is 342 g/mol. The molecule has 0 saturated carbocycles. The predicted molar refractivity (Wildman–Crippen MR) is 56.8 cm³/mol. The van der Waals surface area contributed by atoms with E-state index in [1.165, 1.54) is 0 Å². The topological polar surface area (TPSA) is 44.8 Å². The lowest BCUT2D eigenvalue weighted by molar-refractivity contribution is -0.357.